The van der Waals surface area contributed by atoms with Gasteiger partial charge in [-0.3, -0.25) is 4.99 Å². The Labute approximate surface area is 72.6 Å². The quantitative estimate of drug-likeness (QED) is 0.485. The topological polar surface area (TPSA) is 12.4 Å². The second kappa shape index (κ2) is 3.58. The standard InChI is InChI=1S/C9H11NS/c1-7(2)10-8-5-3-4-6-9(8)11/h3-6,11H,1-2H3. The van der Waals surface area contributed by atoms with Crippen molar-refractivity contribution in [2.24, 2.45) is 4.99 Å². The van der Waals surface area contributed by atoms with E-state index in [0.717, 1.165) is 16.3 Å². The Morgan fingerprint density at radius 3 is 2.45 bits per heavy atom. The number of hydrogen-bond donors (Lipinski definition) is 1. The van der Waals surface area contributed by atoms with Gasteiger partial charge in [-0.25, -0.2) is 0 Å². The fourth-order valence-electron chi connectivity index (χ4n) is 0.800. The molecule has 0 N–H and O–H groups in total. The summed E-state index contributed by atoms with van der Waals surface area (Å²) in [5.41, 5.74) is 1.99. The fourth-order valence-corrected chi connectivity index (χ4v) is 1.01. The van der Waals surface area contributed by atoms with Gasteiger partial charge in [0.2, 0.25) is 0 Å². The minimum absolute atomic E-state index is 0.925. The lowest BCUT2D eigenvalue weighted by Crippen LogP contribution is -1.78. The average Bonchev–Trinajstić information content (AvgIpc) is 1.93. The molecule has 0 fully saturated rings. The van der Waals surface area contributed by atoms with E-state index in [1.54, 1.807) is 0 Å². The third kappa shape index (κ3) is 2.39. The molecule has 0 heterocycles. The molecular formula is C9H11NS. The second-order valence-corrected chi connectivity index (χ2v) is 3.03. The Hall–Kier alpha value is -0.760. The van der Waals surface area contributed by atoms with Crippen LogP contribution in [0.5, 0.6) is 0 Å². The number of aliphatic imine (C=N–C) groups is 1. The van der Waals surface area contributed by atoms with E-state index in [1.165, 1.54) is 0 Å². The number of para-hydroxylation sites is 1. The SMILES string of the molecule is CC(C)=Nc1ccccc1S. The van der Waals surface area contributed by atoms with Crippen molar-refractivity contribution in [3.8, 4) is 0 Å². The molecule has 11 heavy (non-hydrogen) atoms. The maximum Gasteiger partial charge on any atom is 0.0761 e. The number of nitrogens with zero attached hydrogens (tertiary/aromatic N) is 1. The molecule has 0 aliphatic heterocycles. The van der Waals surface area contributed by atoms with Crippen molar-refractivity contribution >= 4 is 24.0 Å². The molecule has 0 saturated heterocycles. The molecule has 0 bridgehead atoms. The predicted molar refractivity (Wildman–Crippen MR) is 52.1 cm³/mol. The summed E-state index contributed by atoms with van der Waals surface area (Å²) in [6, 6.07) is 7.80. The lowest BCUT2D eigenvalue weighted by Gasteiger charge is -1.97. The number of hydrogen-bond acceptors (Lipinski definition) is 2. The summed E-state index contributed by atoms with van der Waals surface area (Å²) in [5.74, 6) is 0. The van der Waals surface area contributed by atoms with Gasteiger partial charge in [-0.15, -0.1) is 12.6 Å². The maximum atomic E-state index is 4.30. The third-order valence-corrected chi connectivity index (χ3v) is 1.60. The highest BCUT2D eigenvalue weighted by Gasteiger charge is 1.92. The molecule has 58 valence electrons. The largest absolute Gasteiger partial charge is 0.257 e. The van der Waals surface area contributed by atoms with E-state index < -0.39 is 0 Å². The van der Waals surface area contributed by atoms with Crippen LogP contribution < -0.4 is 0 Å². The Kier molecular flexibility index (Phi) is 2.71. The molecule has 0 saturated carbocycles. The molecule has 1 aromatic rings. The molecule has 0 spiro atoms. The highest BCUT2D eigenvalue weighted by Crippen LogP contribution is 2.21. The van der Waals surface area contributed by atoms with Gasteiger partial charge in [-0.2, -0.15) is 0 Å². The van der Waals surface area contributed by atoms with Gasteiger partial charge in [0.15, 0.2) is 0 Å². The molecule has 0 atom stereocenters. The zero-order chi connectivity index (χ0) is 8.27. The van der Waals surface area contributed by atoms with Crippen LogP contribution in [0, 0.1) is 0 Å². The zero-order valence-corrected chi connectivity index (χ0v) is 7.60. The molecule has 2 heteroatoms. The molecule has 0 aliphatic rings. The van der Waals surface area contributed by atoms with Crippen molar-refractivity contribution in [2.45, 2.75) is 18.7 Å². The highest BCUT2D eigenvalue weighted by atomic mass is 32.1. The molecule has 1 aromatic carbocycles. The molecule has 0 amide bonds. The van der Waals surface area contributed by atoms with Crippen LogP contribution in [0.4, 0.5) is 5.69 Å². The van der Waals surface area contributed by atoms with E-state index in [1.807, 2.05) is 38.1 Å². The van der Waals surface area contributed by atoms with Crippen LogP contribution in [0.1, 0.15) is 13.8 Å². The predicted octanol–water partition coefficient (Wildman–Crippen LogP) is 3.09. The Bertz CT molecular complexity index is 275. The number of thiol groups is 1. The van der Waals surface area contributed by atoms with E-state index in [2.05, 4.69) is 17.6 Å². The minimum Gasteiger partial charge on any atom is -0.257 e. The molecule has 0 aliphatic carbocycles. The van der Waals surface area contributed by atoms with E-state index in [9.17, 15) is 0 Å². The van der Waals surface area contributed by atoms with Gasteiger partial charge in [-0.05, 0) is 26.0 Å². The number of rotatable bonds is 1. The van der Waals surface area contributed by atoms with Crippen molar-refractivity contribution < 1.29 is 0 Å². The van der Waals surface area contributed by atoms with Gasteiger partial charge >= 0.3 is 0 Å². The van der Waals surface area contributed by atoms with Crippen LogP contribution in [0.15, 0.2) is 34.2 Å². The summed E-state index contributed by atoms with van der Waals surface area (Å²) in [6.45, 7) is 3.94. The first-order chi connectivity index (χ1) is 5.20. The van der Waals surface area contributed by atoms with Gasteiger partial charge in [-0.1, -0.05) is 12.1 Å². The van der Waals surface area contributed by atoms with E-state index >= 15 is 0 Å². The van der Waals surface area contributed by atoms with E-state index in [0.29, 0.717) is 0 Å². The Morgan fingerprint density at radius 1 is 1.27 bits per heavy atom. The molecular weight excluding hydrogens is 154 g/mol. The maximum absolute atomic E-state index is 4.30. The van der Waals surface area contributed by atoms with Crippen molar-refractivity contribution in [3.05, 3.63) is 24.3 Å². The summed E-state index contributed by atoms with van der Waals surface area (Å²) in [5, 5.41) is 0. The summed E-state index contributed by atoms with van der Waals surface area (Å²) in [6.07, 6.45) is 0. The zero-order valence-electron chi connectivity index (χ0n) is 6.70. The lowest BCUT2D eigenvalue weighted by atomic mass is 10.3. The summed E-state index contributed by atoms with van der Waals surface area (Å²) in [7, 11) is 0. The smallest absolute Gasteiger partial charge is 0.0761 e. The van der Waals surface area contributed by atoms with Crippen LogP contribution in [-0.4, -0.2) is 5.71 Å². The molecule has 1 rings (SSSR count). The molecule has 1 nitrogen and oxygen atoms in total. The van der Waals surface area contributed by atoms with Crippen molar-refractivity contribution in [3.63, 3.8) is 0 Å². The van der Waals surface area contributed by atoms with Gasteiger partial charge < -0.3 is 0 Å². The third-order valence-electron chi connectivity index (χ3n) is 1.23. The van der Waals surface area contributed by atoms with Gasteiger partial charge in [0, 0.05) is 10.6 Å². The first-order valence-corrected chi connectivity index (χ1v) is 3.95. The summed E-state index contributed by atoms with van der Waals surface area (Å²) < 4.78 is 0. The van der Waals surface area contributed by atoms with Gasteiger partial charge in [0.05, 0.1) is 5.69 Å². The second-order valence-electron chi connectivity index (χ2n) is 2.55. The monoisotopic (exact) mass is 165 g/mol. The molecule has 0 unspecified atom stereocenters. The highest BCUT2D eigenvalue weighted by molar-refractivity contribution is 7.80. The van der Waals surface area contributed by atoms with E-state index in [4.69, 9.17) is 0 Å². The molecule has 0 aromatic heterocycles. The average molecular weight is 165 g/mol. The van der Waals surface area contributed by atoms with Crippen LogP contribution in [-0.2, 0) is 0 Å². The van der Waals surface area contributed by atoms with Gasteiger partial charge in [0.25, 0.3) is 0 Å². The fraction of sp³-hybridized carbons (Fsp3) is 0.222. The van der Waals surface area contributed by atoms with Crippen LogP contribution in [0.25, 0.3) is 0 Å². The van der Waals surface area contributed by atoms with Crippen molar-refractivity contribution in [1.29, 1.82) is 0 Å². The normalized spacial score (nSPS) is 9.36. The van der Waals surface area contributed by atoms with Crippen LogP contribution in [0.2, 0.25) is 0 Å². The molecule has 0 radical (unpaired) electrons. The first-order valence-electron chi connectivity index (χ1n) is 3.50. The number of benzene rings is 1. The summed E-state index contributed by atoms with van der Waals surface area (Å²) in [4.78, 5) is 5.22. The van der Waals surface area contributed by atoms with Gasteiger partial charge in [0.1, 0.15) is 0 Å². The summed E-state index contributed by atoms with van der Waals surface area (Å²) >= 11 is 4.27. The lowest BCUT2D eigenvalue weighted by molar-refractivity contribution is 1.37. The Balaban J connectivity index is 3.04. The van der Waals surface area contributed by atoms with Crippen LogP contribution >= 0.6 is 12.6 Å². The van der Waals surface area contributed by atoms with Crippen LogP contribution in [0.3, 0.4) is 0 Å². The minimum atomic E-state index is 0.925. The first kappa shape index (κ1) is 8.34. The van der Waals surface area contributed by atoms with Crippen molar-refractivity contribution in [1.82, 2.24) is 0 Å². The Morgan fingerprint density at radius 2 is 1.91 bits per heavy atom. The van der Waals surface area contributed by atoms with Crippen molar-refractivity contribution in [2.75, 3.05) is 0 Å². The van der Waals surface area contributed by atoms with E-state index in [-0.39, 0.29) is 0 Å².